The first-order chi connectivity index (χ1) is 3.84. The number of hydrogen-bond acceptors (Lipinski definition) is 2. The van der Waals surface area contributed by atoms with Crippen LogP contribution in [0.4, 0.5) is 0 Å². The predicted molar refractivity (Wildman–Crippen MR) is 33.1 cm³/mol. The summed E-state index contributed by atoms with van der Waals surface area (Å²) in [5.74, 6) is 0. The summed E-state index contributed by atoms with van der Waals surface area (Å²) in [4.78, 5) is 4.09. The Kier molecular flexibility index (Phi) is 1.51. The zero-order valence-corrected chi connectivity index (χ0v) is 5.29. The number of ether oxygens (including phenoxy) is 1. The van der Waals surface area contributed by atoms with Crippen molar-refractivity contribution >= 4 is 6.40 Å². The zero-order valence-electron chi connectivity index (χ0n) is 5.29. The molecular formula is C6H11NO. The Morgan fingerprint density at radius 1 is 1.75 bits per heavy atom. The molecule has 2 nitrogen and oxygen atoms in total. The topological polar surface area (TPSA) is 21.6 Å². The number of aliphatic imine (C=N–C) groups is 1. The minimum absolute atomic E-state index is 0.306. The number of hydrogen-bond donors (Lipinski definition) is 0. The van der Waals surface area contributed by atoms with Crippen molar-refractivity contribution in [1.29, 1.82) is 0 Å². The molecule has 0 saturated carbocycles. The highest BCUT2D eigenvalue weighted by atomic mass is 16.5. The quantitative estimate of drug-likeness (QED) is 0.501. The predicted octanol–water partition coefficient (Wildman–Crippen LogP) is 1.21. The van der Waals surface area contributed by atoms with Gasteiger partial charge in [0.05, 0.1) is 6.04 Å². The van der Waals surface area contributed by atoms with Gasteiger partial charge in [-0.25, -0.2) is 0 Å². The van der Waals surface area contributed by atoms with Crippen LogP contribution in [-0.4, -0.2) is 18.5 Å². The fourth-order valence-electron chi connectivity index (χ4n) is 0.859. The second-order valence-corrected chi connectivity index (χ2v) is 2.07. The van der Waals surface area contributed by atoms with E-state index in [-0.39, 0.29) is 0 Å². The highest BCUT2D eigenvalue weighted by molar-refractivity contribution is 5.49. The van der Waals surface area contributed by atoms with Crippen LogP contribution in [-0.2, 0) is 4.74 Å². The fourth-order valence-corrected chi connectivity index (χ4v) is 0.859. The smallest absolute Gasteiger partial charge is 0.170 e. The van der Waals surface area contributed by atoms with Crippen LogP contribution < -0.4 is 0 Å². The van der Waals surface area contributed by atoms with Crippen molar-refractivity contribution in [1.82, 2.24) is 0 Å². The van der Waals surface area contributed by atoms with Gasteiger partial charge in [-0.15, -0.1) is 0 Å². The molecule has 0 saturated heterocycles. The van der Waals surface area contributed by atoms with Gasteiger partial charge in [0.1, 0.15) is 6.10 Å². The minimum Gasteiger partial charge on any atom is -0.478 e. The maximum Gasteiger partial charge on any atom is 0.170 e. The van der Waals surface area contributed by atoms with Crippen LogP contribution in [0.1, 0.15) is 20.3 Å². The van der Waals surface area contributed by atoms with Gasteiger partial charge in [0.25, 0.3) is 0 Å². The Morgan fingerprint density at radius 2 is 2.50 bits per heavy atom. The van der Waals surface area contributed by atoms with Crippen LogP contribution in [0.25, 0.3) is 0 Å². The van der Waals surface area contributed by atoms with E-state index >= 15 is 0 Å². The van der Waals surface area contributed by atoms with E-state index in [0.717, 1.165) is 6.42 Å². The van der Waals surface area contributed by atoms with Crippen LogP contribution in [0.2, 0.25) is 0 Å². The molecule has 46 valence electrons. The lowest BCUT2D eigenvalue weighted by molar-refractivity contribution is 0.218. The molecule has 0 fully saturated rings. The molecule has 2 atom stereocenters. The summed E-state index contributed by atoms with van der Waals surface area (Å²) in [6.45, 7) is 4.16. The van der Waals surface area contributed by atoms with E-state index < -0.39 is 0 Å². The van der Waals surface area contributed by atoms with E-state index in [1.165, 1.54) is 0 Å². The molecule has 2 heteroatoms. The summed E-state index contributed by atoms with van der Waals surface area (Å²) in [6.07, 6.45) is 2.94. The average molecular weight is 113 g/mol. The largest absolute Gasteiger partial charge is 0.478 e. The van der Waals surface area contributed by atoms with E-state index in [1.54, 1.807) is 6.40 Å². The first-order valence-corrected chi connectivity index (χ1v) is 3.01. The second-order valence-electron chi connectivity index (χ2n) is 2.07. The molecule has 0 bridgehead atoms. The molecule has 8 heavy (non-hydrogen) atoms. The SMILES string of the molecule is CCC1N=COC1C. The van der Waals surface area contributed by atoms with Crippen molar-refractivity contribution in [3.8, 4) is 0 Å². The van der Waals surface area contributed by atoms with Gasteiger partial charge in [0, 0.05) is 0 Å². The molecule has 0 radical (unpaired) electrons. The molecule has 1 aliphatic rings. The van der Waals surface area contributed by atoms with Crippen molar-refractivity contribution in [2.45, 2.75) is 32.4 Å². The lowest BCUT2D eigenvalue weighted by Crippen LogP contribution is -2.16. The van der Waals surface area contributed by atoms with Crippen molar-refractivity contribution in [2.24, 2.45) is 4.99 Å². The van der Waals surface area contributed by atoms with Gasteiger partial charge in [-0.1, -0.05) is 6.92 Å². The van der Waals surface area contributed by atoms with Crippen molar-refractivity contribution in [3.63, 3.8) is 0 Å². The van der Waals surface area contributed by atoms with Crippen molar-refractivity contribution in [3.05, 3.63) is 0 Å². The van der Waals surface area contributed by atoms with Crippen LogP contribution in [0.3, 0.4) is 0 Å². The molecule has 0 aromatic carbocycles. The molecule has 1 heterocycles. The van der Waals surface area contributed by atoms with Crippen molar-refractivity contribution < 1.29 is 4.74 Å². The van der Waals surface area contributed by atoms with Crippen molar-refractivity contribution in [2.75, 3.05) is 0 Å². The minimum atomic E-state index is 0.306. The van der Waals surface area contributed by atoms with E-state index in [0.29, 0.717) is 12.1 Å². The zero-order chi connectivity index (χ0) is 5.98. The number of nitrogens with zero attached hydrogens (tertiary/aromatic N) is 1. The molecule has 0 N–H and O–H groups in total. The summed E-state index contributed by atoms with van der Waals surface area (Å²) in [5, 5.41) is 0. The molecule has 0 amide bonds. The number of rotatable bonds is 1. The van der Waals surface area contributed by atoms with E-state index in [9.17, 15) is 0 Å². The Labute approximate surface area is 49.6 Å². The van der Waals surface area contributed by atoms with E-state index in [2.05, 4.69) is 11.9 Å². The molecule has 0 spiro atoms. The molecule has 2 unspecified atom stereocenters. The normalized spacial score (nSPS) is 35.2. The average Bonchev–Trinajstić information content (AvgIpc) is 2.14. The Balaban J connectivity index is 2.41. The van der Waals surface area contributed by atoms with Crippen LogP contribution in [0.15, 0.2) is 4.99 Å². The second kappa shape index (κ2) is 2.16. The van der Waals surface area contributed by atoms with Gasteiger partial charge >= 0.3 is 0 Å². The Bertz CT molecular complexity index is 101. The first kappa shape index (κ1) is 5.60. The highest BCUT2D eigenvalue weighted by Crippen LogP contribution is 2.10. The van der Waals surface area contributed by atoms with Crippen LogP contribution in [0, 0.1) is 0 Å². The summed E-state index contributed by atoms with van der Waals surface area (Å²) in [7, 11) is 0. The van der Waals surface area contributed by atoms with Crippen LogP contribution in [0.5, 0.6) is 0 Å². The molecule has 0 aliphatic carbocycles. The first-order valence-electron chi connectivity index (χ1n) is 3.01. The third-order valence-electron chi connectivity index (χ3n) is 1.49. The standard InChI is InChI=1S/C6H11NO/c1-3-6-5(2)8-4-7-6/h4-6H,3H2,1-2H3. The molecule has 1 rings (SSSR count). The van der Waals surface area contributed by atoms with E-state index in [1.807, 2.05) is 6.92 Å². The highest BCUT2D eigenvalue weighted by Gasteiger charge is 2.17. The Morgan fingerprint density at radius 3 is 2.75 bits per heavy atom. The lowest BCUT2D eigenvalue weighted by Gasteiger charge is -2.07. The monoisotopic (exact) mass is 113 g/mol. The molecule has 0 aromatic heterocycles. The summed E-state index contributed by atoms with van der Waals surface area (Å²) >= 11 is 0. The van der Waals surface area contributed by atoms with Gasteiger partial charge < -0.3 is 4.74 Å². The molecule has 0 aromatic rings. The third kappa shape index (κ3) is 0.831. The lowest BCUT2D eigenvalue weighted by atomic mass is 10.1. The van der Waals surface area contributed by atoms with Crippen LogP contribution >= 0.6 is 0 Å². The van der Waals surface area contributed by atoms with Gasteiger partial charge in [0.15, 0.2) is 6.40 Å². The molecular weight excluding hydrogens is 102 g/mol. The van der Waals surface area contributed by atoms with E-state index in [4.69, 9.17) is 4.74 Å². The van der Waals surface area contributed by atoms with Gasteiger partial charge in [0.2, 0.25) is 0 Å². The maximum absolute atomic E-state index is 5.06. The summed E-state index contributed by atoms with van der Waals surface area (Å²) in [6, 6.07) is 0.412. The summed E-state index contributed by atoms with van der Waals surface area (Å²) < 4.78 is 5.06. The van der Waals surface area contributed by atoms with Gasteiger partial charge in [-0.3, -0.25) is 4.99 Å². The summed E-state index contributed by atoms with van der Waals surface area (Å²) in [5.41, 5.74) is 0. The molecule has 1 aliphatic heterocycles. The van der Waals surface area contributed by atoms with Gasteiger partial charge in [-0.05, 0) is 13.3 Å². The third-order valence-corrected chi connectivity index (χ3v) is 1.49. The van der Waals surface area contributed by atoms with Gasteiger partial charge in [-0.2, -0.15) is 0 Å². The Hall–Kier alpha value is -0.530. The fraction of sp³-hybridized carbons (Fsp3) is 0.833. The maximum atomic E-state index is 5.06.